The van der Waals surface area contributed by atoms with E-state index in [9.17, 15) is 4.79 Å². The SMILES string of the molecule is COc1cc(/C=C/C(=O)O[C@@H](C)C#N)cc(OC)c1. The highest BCUT2D eigenvalue weighted by molar-refractivity contribution is 5.87. The van der Waals surface area contributed by atoms with E-state index in [2.05, 4.69) is 0 Å². The van der Waals surface area contributed by atoms with Crippen molar-refractivity contribution < 1.29 is 19.0 Å². The minimum absolute atomic E-state index is 0.573. The van der Waals surface area contributed by atoms with Gasteiger partial charge in [-0.2, -0.15) is 5.26 Å². The van der Waals surface area contributed by atoms with Gasteiger partial charge in [-0.1, -0.05) is 0 Å². The molecule has 0 aromatic heterocycles. The first-order valence-electron chi connectivity index (χ1n) is 5.60. The van der Waals surface area contributed by atoms with Gasteiger partial charge >= 0.3 is 5.97 Å². The number of ether oxygens (including phenoxy) is 3. The van der Waals surface area contributed by atoms with Crippen molar-refractivity contribution in [1.82, 2.24) is 0 Å². The molecular formula is C14H15NO4. The van der Waals surface area contributed by atoms with Crippen LogP contribution < -0.4 is 9.47 Å². The molecule has 0 N–H and O–H groups in total. The Kier molecular flexibility index (Phi) is 5.42. The van der Waals surface area contributed by atoms with Crippen molar-refractivity contribution in [1.29, 1.82) is 5.26 Å². The van der Waals surface area contributed by atoms with Crippen LogP contribution in [0.15, 0.2) is 24.3 Å². The molecule has 19 heavy (non-hydrogen) atoms. The Bertz CT molecular complexity index is 494. The van der Waals surface area contributed by atoms with Crippen LogP contribution in [0.4, 0.5) is 0 Å². The molecule has 1 aromatic carbocycles. The van der Waals surface area contributed by atoms with E-state index >= 15 is 0 Å². The summed E-state index contributed by atoms with van der Waals surface area (Å²) < 4.78 is 15.0. The van der Waals surface area contributed by atoms with E-state index in [1.165, 1.54) is 13.0 Å². The molecule has 0 aliphatic heterocycles. The summed E-state index contributed by atoms with van der Waals surface area (Å²) in [6, 6.07) is 7.04. The summed E-state index contributed by atoms with van der Waals surface area (Å²) in [6.45, 7) is 1.50. The third kappa shape index (κ3) is 4.72. The second-order valence-electron chi connectivity index (χ2n) is 3.69. The van der Waals surface area contributed by atoms with E-state index in [4.69, 9.17) is 19.5 Å². The Morgan fingerprint density at radius 2 is 1.84 bits per heavy atom. The number of nitriles is 1. The number of nitrogens with zero attached hydrogens (tertiary/aromatic N) is 1. The lowest BCUT2D eigenvalue weighted by Crippen LogP contribution is -2.10. The molecule has 0 aliphatic carbocycles. The molecule has 5 heteroatoms. The second kappa shape index (κ2) is 7.07. The van der Waals surface area contributed by atoms with E-state index in [0.717, 1.165) is 5.56 Å². The first-order chi connectivity index (χ1) is 9.08. The zero-order valence-electron chi connectivity index (χ0n) is 11.0. The van der Waals surface area contributed by atoms with Gasteiger partial charge in [-0.05, 0) is 30.7 Å². The third-order valence-corrected chi connectivity index (χ3v) is 2.26. The van der Waals surface area contributed by atoms with E-state index < -0.39 is 12.1 Å². The molecule has 5 nitrogen and oxygen atoms in total. The van der Waals surface area contributed by atoms with Gasteiger partial charge in [0.1, 0.15) is 17.6 Å². The van der Waals surface area contributed by atoms with E-state index in [1.807, 2.05) is 6.07 Å². The summed E-state index contributed by atoms with van der Waals surface area (Å²) in [4.78, 5) is 11.4. The van der Waals surface area contributed by atoms with Gasteiger partial charge in [-0.3, -0.25) is 0 Å². The molecule has 0 aliphatic rings. The van der Waals surface area contributed by atoms with Gasteiger partial charge < -0.3 is 14.2 Å². The zero-order chi connectivity index (χ0) is 14.3. The highest BCUT2D eigenvalue weighted by Gasteiger charge is 2.05. The molecule has 0 saturated carbocycles. The van der Waals surface area contributed by atoms with Crippen LogP contribution in [0.2, 0.25) is 0 Å². The molecule has 0 unspecified atom stereocenters. The summed E-state index contributed by atoms with van der Waals surface area (Å²) in [6.07, 6.45) is 2.05. The molecule has 0 saturated heterocycles. The number of carbonyl (C=O) groups excluding carboxylic acids is 1. The smallest absolute Gasteiger partial charge is 0.332 e. The van der Waals surface area contributed by atoms with Crippen LogP contribution in [0.5, 0.6) is 11.5 Å². The number of carbonyl (C=O) groups is 1. The van der Waals surface area contributed by atoms with Gasteiger partial charge in [0.2, 0.25) is 0 Å². The minimum Gasteiger partial charge on any atom is -0.497 e. The largest absolute Gasteiger partial charge is 0.497 e. The number of rotatable bonds is 5. The predicted molar refractivity (Wildman–Crippen MR) is 69.7 cm³/mol. The van der Waals surface area contributed by atoms with Gasteiger partial charge in [-0.25, -0.2) is 4.79 Å². The first-order valence-corrected chi connectivity index (χ1v) is 5.60. The molecule has 0 radical (unpaired) electrons. The Hall–Kier alpha value is -2.48. The van der Waals surface area contributed by atoms with E-state index in [0.29, 0.717) is 11.5 Å². The molecular weight excluding hydrogens is 246 g/mol. The molecule has 0 heterocycles. The van der Waals surface area contributed by atoms with Crippen molar-refractivity contribution in [3.8, 4) is 17.6 Å². The van der Waals surface area contributed by atoms with Crippen molar-refractivity contribution in [2.24, 2.45) is 0 Å². The molecule has 0 bridgehead atoms. The normalized spacial score (nSPS) is 11.7. The van der Waals surface area contributed by atoms with Gasteiger partial charge in [0, 0.05) is 12.1 Å². The van der Waals surface area contributed by atoms with E-state index in [1.54, 1.807) is 38.5 Å². The number of methoxy groups -OCH3 is 2. The van der Waals surface area contributed by atoms with Crippen LogP contribution >= 0.6 is 0 Å². The Balaban J connectivity index is 2.81. The van der Waals surface area contributed by atoms with Crippen molar-refractivity contribution in [3.05, 3.63) is 29.8 Å². The number of hydrogen-bond donors (Lipinski definition) is 0. The van der Waals surface area contributed by atoms with Gasteiger partial charge in [0.05, 0.1) is 14.2 Å². The lowest BCUT2D eigenvalue weighted by atomic mass is 10.2. The molecule has 1 atom stereocenters. The van der Waals surface area contributed by atoms with Crippen LogP contribution in [-0.2, 0) is 9.53 Å². The average molecular weight is 261 g/mol. The topological polar surface area (TPSA) is 68.5 Å². The fourth-order valence-corrected chi connectivity index (χ4v) is 1.33. The Morgan fingerprint density at radius 1 is 1.26 bits per heavy atom. The lowest BCUT2D eigenvalue weighted by Gasteiger charge is -2.06. The van der Waals surface area contributed by atoms with Gasteiger partial charge in [0.15, 0.2) is 6.10 Å². The van der Waals surface area contributed by atoms with Gasteiger partial charge in [0.25, 0.3) is 0 Å². The Morgan fingerprint density at radius 3 is 2.32 bits per heavy atom. The van der Waals surface area contributed by atoms with Crippen LogP contribution in [-0.4, -0.2) is 26.3 Å². The van der Waals surface area contributed by atoms with Gasteiger partial charge in [-0.15, -0.1) is 0 Å². The molecule has 0 amide bonds. The molecule has 1 aromatic rings. The monoisotopic (exact) mass is 261 g/mol. The summed E-state index contributed by atoms with van der Waals surface area (Å²) in [5.74, 6) is 0.673. The van der Waals surface area contributed by atoms with Crippen LogP contribution in [0.3, 0.4) is 0 Å². The summed E-state index contributed by atoms with van der Waals surface area (Å²) in [5, 5.41) is 8.52. The molecule has 0 spiro atoms. The quantitative estimate of drug-likeness (QED) is 0.600. The maximum atomic E-state index is 11.4. The standard InChI is InChI=1S/C14H15NO4/c1-10(9-15)19-14(16)5-4-11-6-12(17-2)8-13(7-11)18-3/h4-8,10H,1-3H3/b5-4+/t10-/m0/s1. The maximum absolute atomic E-state index is 11.4. The third-order valence-electron chi connectivity index (χ3n) is 2.26. The van der Waals surface area contributed by atoms with Crippen LogP contribution in [0.25, 0.3) is 6.08 Å². The number of hydrogen-bond acceptors (Lipinski definition) is 5. The van der Waals surface area contributed by atoms with Crippen molar-refractivity contribution in [2.75, 3.05) is 14.2 Å². The Labute approximate surface area is 112 Å². The van der Waals surface area contributed by atoms with Crippen molar-refractivity contribution in [2.45, 2.75) is 13.0 Å². The minimum atomic E-state index is -0.767. The highest BCUT2D eigenvalue weighted by atomic mass is 16.5. The fourth-order valence-electron chi connectivity index (χ4n) is 1.33. The van der Waals surface area contributed by atoms with E-state index in [-0.39, 0.29) is 0 Å². The molecule has 100 valence electrons. The lowest BCUT2D eigenvalue weighted by molar-refractivity contribution is -0.139. The maximum Gasteiger partial charge on any atom is 0.332 e. The predicted octanol–water partition coefficient (Wildman–Crippen LogP) is 2.17. The second-order valence-corrected chi connectivity index (χ2v) is 3.69. The summed E-state index contributed by atoms with van der Waals surface area (Å²) in [5.41, 5.74) is 0.734. The first kappa shape index (κ1) is 14.6. The summed E-state index contributed by atoms with van der Waals surface area (Å²) >= 11 is 0. The highest BCUT2D eigenvalue weighted by Crippen LogP contribution is 2.23. The van der Waals surface area contributed by atoms with Crippen molar-refractivity contribution in [3.63, 3.8) is 0 Å². The number of benzene rings is 1. The number of esters is 1. The van der Waals surface area contributed by atoms with Crippen molar-refractivity contribution >= 4 is 12.0 Å². The summed E-state index contributed by atoms with van der Waals surface area (Å²) in [7, 11) is 3.09. The zero-order valence-corrected chi connectivity index (χ0v) is 11.0. The van der Waals surface area contributed by atoms with Crippen LogP contribution in [0.1, 0.15) is 12.5 Å². The van der Waals surface area contributed by atoms with Crippen LogP contribution in [0, 0.1) is 11.3 Å². The molecule has 0 fully saturated rings. The fraction of sp³-hybridized carbons (Fsp3) is 0.286. The average Bonchev–Trinajstić information content (AvgIpc) is 2.44. The molecule has 1 rings (SSSR count).